The first-order chi connectivity index (χ1) is 17.8. The number of unbranched alkanes of at least 4 members (excludes halogenated alkanes) is 2. The number of amides is 1. The summed E-state index contributed by atoms with van der Waals surface area (Å²) in [5.41, 5.74) is 1.70. The molecule has 1 aliphatic heterocycles. The molecule has 0 radical (unpaired) electrons. The SMILES string of the molecule is C=CCOC(=O)c1ccc(C[S+]([O-])C2CC(=O)N2C(C)OCCCCCC(=O)c2ccc(F)cc2)cc1. The average Bonchev–Trinajstić information content (AvgIpc) is 2.88. The monoisotopic (exact) mass is 529 g/mol. The van der Waals surface area contributed by atoms with E-state index in [-0.39, 0.29) is 36.3 Å². The molecule has 1 aliphatic rings. The van der Waals surface area contributed by atoms with Gasteiger partial charge in [0.2, 0.25) is 11.3 Å². The highest BCUT2D eigenvalue weighted by Gasteiger charge is 2.47. The number of nitrogens with zero attached hydrogens (tertiary/aromatic N) is 1. The topological polar surface area (TPSA) is 96.0 Å². The van der Waals surface area contributed by atoms with Crippen molar-refractivity contribution in [2.24, 2.45) is 0 Å². The van der Waals surface area contributed by atoms with Crippen molar-refractivity contribution in [1.29, 1.82) is 0 Å². The van der Waals surface area contributed by atoms with E-state index in [1.165, 1.54) is 35.2 Å². The number of carbonyl (C=O) groups excluding carboxylic acids is 3. The summed E-state index contributed by atoms with van der Waals surface area (Å²) in [6, 6.07) is 12.2. The zero-order valence-corrected chi connectivity index (χ0v) is 21.7. The maximum Gasteiger partial charge on any atom is 0.338 e. The quantitative estimate of drug-likeness (QED) is 0.0823. The van der Waals surface area contributed by atoms with E-state index >= 15 is 0 Å². The van der Waals surface area contributed by atoms with E-state index in [0.29, 0.717) is 30.6 Å². The third-order valence-electron chi connectivity index (χ3n) is 6.05. The number of Topliss-reactive ketones (excluding diaryl/α,β-unsaturated/α-hetero) is 1. The molecule has 9 heteroatoms. The van der Waals surface area contributed by atoms with E-state index in [4.69, 9.17) is 9.47 Å². The average molecular weight is 530 g/mol. The molecule has 3 unspecified atom stereocenters. The summed E-state index contributed by atoms with van der Waals surface area (Å²) < 4.78 is 36.7. The molecule has 3 rings (SSSR count). The van der Waals surface area contributed by atoms with Gasteiger partial charge in [-0.3, -0.25) is 14.5 Å². The summed E-state index contributed by atoms with van der Waals surface area (Å²) in [4.78, 5) is 37.7. The van der Waals surface area contributed by atoms with E-state index in [2.05, 4.69) is 6.58 Å². The molecule has 198 valence electrons. The minimum atomic E-state index is -1.32. The van der Waals surface area contributed by atoms with Crippen LogP contribution in [0.3, 0.4) is 0 Å². The van der Waals surface area contributed by atoms with Crippen molar-refractivity contribution in [3.8, 4) is 0 Å². The smallest absolute Gasteiger partial charge is 0.338 e. The van der Waals surface area contributed by atoms with Gasteiger partial charge in [0, 0.05) is 24.2 Å². The number of carbonyl (C=O) groups is 3. The lowest BCUT2D eigenvalue weighted by atomic mass is 10.0. The number of halogens is 1. The van der Waals surface area contributed by atoms with Crippen molar-refractivity contribution in [3.05, 3.63) is 83.7 Å². The number of rotatable bonds is 15. The lowest BCUT2D eigenvalue weighted by Crippen LogP contribution is -2.60. The second kappa shape index (κ2) is 14.1. The van der Waals surface area contributed by atoms with E-state index < -0.39 is 28.7 Å². The zero-order valence-electron chi connectivity index (χ0n) is 20.9. The third-order valence-corrected chi connectivity index (χ3v) is 7.67. The standard InChI is InChI=1S/C28H32FNO6S/c1-3-16-36-28(33)23-10-8-21(9-11-23)19-37(34)27-18-26(32)30(27)20(2)35-17-6-4-5-7-25(31)22-12-14-24(29)15-13-22/h3,8-15,20,27H,1,4-7,16-19H2,2H3. The van der Waals surface area contributed by atoms with E-state index in [0.717, 1.165) is 18.4 Å². The first-order valence-corrected chi connectivity index (χ1v) is 13.6. The Morgan fingerprint density at radius 1 is 1.14 bits per heavy atom. The van der Waals surface area contributed by atoms with Crippen LogP contribution in [-0.4, -0.2) is 51.9 Å². The maximum absolute atomic E-state index is 13.0. The van der Waals surface area contributed by atoms with Gasteiger partial charge in [0.1, 0.15) is 24.4 Å². The zero-order chi connectivity index (χ0) is 26.8. The number of esters is 1. The molecule has 0 N–H and O–H groups in total. The predicted octanol–water partition coefficient (Wildman–Crippen LogP) is 4.78. The van der Waals surface area contributed by atoms with Crippen LogP contribution in [0.5, 0.6) is 0 Å². The normalized spacial score (nSPS) is 16.6. The molecule has 0 bridgehead atoms. The van der Waals surface area contributed by atoms with Gasteiger partial charge in [-0.15, -0.1) is 0 Å². The molecule has 1 amide bonds. The maximum atomic E-state index is 13.0. The first kappa shape index (κ1) is 28.6. The lowest BCUT2D eigenvalue weighted by molar-refractivity contribution is -0.161. The first-order valence-electron chi connectivity index (χ1n) is 12.3. The van der Waals surface area contributed by atoms with Gasteiger partial charge in [0.05, 0.1) is 12.0 Å². The molecule has 2 aromatic rings. The highest BCUT2D eigenvalue weighted by molar-refractivity contribution is 7.91. The fourth-order valence-corrected chi connectivity index (χ4v) is 5.54. The molecule has 2 aromatic carbocycles. The van der Waals surface area contributed by atoms with Crippen LogP contribution in [-0.2, 0) is 31.2 Å². The van der Waals surface area contributed by atoms with Crippen molar-refractivity contribution >= 4 is 28.8 Å². The molecule has 0 aromatic heterocycles. The number of ketones is 1. The fourth-order valence-electron chi connectivity index (χ4n) is 3.95. The third kappa shape index (κ3) is 8.24. The van der Waals surface area contributed by atoms with Gasteiger partial charge in [-0.25, -0.2) is 9.18 Å². The summed E-state index contributed by atoms with van der Waals surface area (Å²) in [7, 11) is 0. The molecule has 3 atom stereocenters. The lowest BCUT2D eigenvalue weighted by Gasteiger charge is -2.43. The summed E-state index contributed by atoms with van der Waals surface area (Å²) in [5, 5.41) is -0.423. The van der Waals surface area contributed by atoms with Gasteiger partial charge in [0.25, 0.3) is 0 Å². The minimum Gasteiger partial charge on any atom is -0.614 e. The number of likely N-dealkylation sites (tertiary alicyclic amines) is 1. The van der Waals surface area contributed by atoms with Crippen molar-refractivity contribution in [3.63, 3.8) is 0 Å². The van der Waals surface area contributed by atoms with E-state index in [1.54, 1.807) is 31.2 Å². The fraction of sp³-hybridized carbons (Fsp3) is 0.393. The van der Waals surface area contributed by atoms with Crippen molar-refractivity contribution in [2.45, 2.75) is 56.4 Å². The van der Waals surface area contributed by atoms with Crippen LogP contribution in [0.2, 0.25) is 0 Å². The van der Waals surface area contributed by atoms with Gasteiger partial charge < -0.3 is 14.0 Å². The molecule has 1 saturated heterocycles. The molecule has 0 saturated carbocycles. The second-order valence-electron chi connectivity index (χ2n) is 8.78. The molecular weight excluding hydrogens is 497 g/mol. The Kier molecular flexibility index (Phi) is 10.9. The summed E-state index contributed by atoms with van der Waals surface area (Å²) in [5.74, 6) is -0.685. The van der Waals surface area contributed by atoms with Gasteiger partial charge in [0.15, 0.2) is 5.78 Å². The van der Waals surface area contributed by atoms with Gasteiger partial charge in [-0.2, -0.15) is 0 Å². The van der Waals surface area contributed by atoms with Gasteiger partial charge >= 0.3 is 5.97 Å². The minimum absolute atomic E-state index is 0.0203. The van der Waals surface area contributed by atoms with E-state index in [1.807, 2.05) is 0 Å². The summed E-state index contributed by atoms with van der Waals surface area (Å²) in [6.07, 6.45) is 3.76. The van der Waals surface area contributed by atoms with Crippen LogP contribution in [0, 0.1) is 5.82 Å². The number of β-lactam (4-membered cyclic amide) rings is 1. The highest BCUT2D eigenvalue weighted by atomic mass is 32.2. The number of benzene rings is 2. The van der Waals surface area contributed by atoms with Crippen LogP contribution in [0.25, 0.3) is 0 Å². The van der Waals surface area contributed by atoms with Crippen molar-refractivity contribution in [1.82, 2.24) is 4.90 Å². The predicted molar refractivity (Wildman–Crippen MR) is 139 cm³/mol. The van der Waals surface area contributed by atoms with Crippen molar-refractivity contribution in [2.75, 3.05) is 13.2 Å². The Labute approximate surface area is 219 Å². The van der Waals surface area contributed by atoms with Crippen LogP contribution < -0.4 is 0 Å². The summed E-state index contributed by atoms with van der Waals surface area (Å²) >= 11 is -1.32. The Morgan fingerprint density at radius 2 is 1.81 bits per heavy atom. The Bertz CT molecular complexity index is 1080. The van der Waals surface area contributed by atoms with Crippen LogP contribution in [0.15, 0.2) is 61.2 Å². The molecule has 0 spiro atoms. The van der Waals surface area contributed by atoms with E-state index in [9.17, 15) is 23.3 Å². The summed E-state index contributed by atoms with van der Waals surface area (Å²) in [6.45, 7) is 5.82. The molecule has 37 heavy (non-hydrogen) atoms. The largest absolute Gasteiger partial charge is 0.614 e. The molecule has 0 aliphatic carbocycles. The number of hydrogen-bond donors (Lipinski definition) is 0. The highest BCUT2D eigenvalue weighted by Crippen LogP contribution is 2.30. The Hall–Kier alpha value is -3.01. The van der Waals surface area contributed by atoms with Crippen molar-refractivity contribution < 1.29 is 32.8 Å². The number of ether oxygens (including phenoxy) is 2. The molecular formula is C28H32FNO6S. The Morgan fingerprint density at radius 3 is 2.46 bits per heavy atom. The van der Waals surface area contributed by atoms with Crippen LogP contribution >= 0.6 is 0 Å². The van der Waals surface area contributed by atoms with Crippen LogP contribution in [0.4, 0.5) is 4.39 Å². The molecule has 1 fully saturated rings. The van der Waals surface area contributed by atoms with Crippen LogP contribution in [0.1, 0.15) is 65.3 Å². The second-order valence-corrected chi connectivity index (χ2v) is 10.4. The Balaban J connectivity index is 1.37. The number of hydrogen-bond acceptors (Lipinski definition) is 6. The molecule has 7 nitrogen and oxygen atoms in total. The van der Waals surface area contributed by atoms with Gasteiger partial charge in [-0.05, 0) is 67.3 Å². The molecule has 1 heterocycles. The van der Waals surface area contributed by atoms with Gasteiger partial charge in [-0.1, -0.05) is 31.2 Å².